The molecule has 1 heterocycles. The first-order valence-electron chi connectivity index (χ1n) is 7.35. The van der Waals surface area contributed by atoms with E-state index in [0.29, 0.717) is 11.3 Å². The van der Waals surface area contributed by atoms with Crippen LogP contribution in [-0.4, -0.2) is 21.0 Å². The van der Waals surface area contributed by atoms with Gasteiger partial charge in [0.1, 0.15) is 18.8 Å². The van der Waals surface area contributed by atoms with E-state index in [9.17, 15) is 4.79 Å². The number of rotatable bonds is 5. The van der Waals surface area contributed by atoms with Crippen molar-refractivity contribution in [2.45, 2.75) is 13.2 Å². The van der Waals surface area contributed by atoms with Gasteiger partial charge >= 0.3 is 5.97 Å². The van der Waals surface area contributed by atoms with E-state index in [2.05, 4.69) is 16.4 Å². The van der Waals surface area contributed by atoms with E-state index in [1.807, 2.05) is 30.3 Å². The standard InChI is InChI=1S/C18H14N4O2/c19-10-14-6-8-16(9-7-14)17-11-22(21-20-17)12-18(23)24-13-15-4-2-1-3-5-15/h1-9,11H,12-13H2. The highest BCUT2D eigenvalue weighted by molar-refractivity contribution is 5.69. The maximum atomic E-state index is 11.9. The van der Waals surface area contributed by atoms with Crippen LogP contribution in [0.25, 0.3) is 11.3 Å². The summed E-state index contributed by atoms with van der Waals surface area (Å²) in [6.45, 7) is 0.229. The largest absolute Gasteiger partial charge is 0.459 e. The summed E-state index contributed by atoms with van der Waals surface area (Å²) in [6.07, 6.45) is 1.67. The second kappa shape index (κ2) is 7.20. The third-order valence-electron chi connectivity index (χ3n) is 3.38. The van der Waals surface area contributed by atoms with Crippen molar-refractivity contribution in [1.82, 2.24) is 15.0 Å². The zero-order valence-corrected chi connectivity index (χ0v) is 12.8. The second-order valence-corrected chi connectivity index (χ2v) is 5.14. The van der Waals surface area contributed by atoms with Crippen LogP contribution in [0.3, 0.4) is 0 Å². The molecule has 24 heavy (non-hydrogen) atoms. The van der Waals surface area contributed by atoms with Crippen LogP contribution in [-0.2, 0) is 22.7 Å². The van der Waals surface area contributed by atoms with Crippen molar-refractivity contribution in [2.75, 3.05) is 0 Å². The molecule has 0 amide bonds. The lowest BCUT2D eigenvalue weighted by molar-refractivity contribution is -0.145. The maximum absolute atomic E-state index is 11.9. The monoisotopic (exact) mass is 318 g/mol. The molecule has 0 aliphatic rings. The molecule has 0 saturated heterocycles. The third kappa shape index (κ3) is 3.84. The smallest absolute Gasteiger partial charge is 0.328 e. The molecule has 0 saturated carbocycles. The molecule has 0 N–H and O–H groups in total. The Morgan fingerprint density at radius 3 is 2.58 bits per heavy atom. The topological polar surface area (TPSA) is 80.8 Å². The van der Waals surface area contributed by atoms with E-state index in [0.717, 1.165) is 11.1 Å². The van der Waals surface area contributed by atoms with E-state index in [4.69, 9.17) is 10.00 Å². The molecule has 6 nitrogen and oxygen atoms in total. The summed E-state index contributed by atoms with van der Waals surface area (Å²) in [5, 5.41) is 16.8. The van der Waals surface area contributed by atoms with Crippen LogP contribution in [0.2, 0.25) is 0 Å². The summed E-state index contributed by atoms with van der Waals surface area (Å²) in [5.74, 6) is -0.380. The van der Waals surface area contributed by atoms with Crippen molar-refractivity contribution >= 4 is 5.97 Å². The second-order valence-electron chi connectivity index (χ2n) is 5.14. The van der Waals surface area contributed by atoms with Gasteiger partial charge in [-0.1, -0.05) is 47.7 Å². The number of hydrogen-bond acceptors (Lipinski definition) is 5. The average Bonchev–Trinajstić information content (AvgIpc) is 3.09. The van der Waals surface area contributed by atoms with Gasteiger partial charge in [0.25, 0.3) is 0 Å². The van der Waals surface area contributed by atoms with Crippen molar-refractivity contribution < 1.29 is 9.53 Å². The van der Waals surface area contributed by atoms with Crippen LogP contribution in [0.4, 0.5) is 0 Å². The van der Waals surface area contributed by atoms with Gasteiger partial charge in [-0.2, -0.15) is 5.26 Å². The molecule has 6 heteroatoms. The van der Waals surface area contributed by atoms with Gasteiger partial charge in [-0.25, -0.2) is 4.68 Å². The highest BCUT2D eigenvalue weighted by atomic mass is 16.5. The molecular weight excluding hydrogens is 304 g/mol. The fraction of sp³-hybridized carbons (Fsp3) is 0.111. The summed E-state index contributed by atoms with van der Waals surface area (Å²) >= 11 is 0. The molecule has 0 unspecified atom stereocenters. The summed E-state index contributed by atoms with van der Waals surface area (Å²) < 4.78 is 6.65. The first-order valence-corrected chi connectivity index (χ1v) is 7.35. The Labute approximate surface area is 138 Å². The number of nitriles is 1. The summed E-state index contributed by atoms with van der Waals surface area (Å²) in [6, 6.07) is 18.6. The number of esters is 1. The highest BCUT2D eigenvalue weighted by Crippen LogP contribution is 2.16. The lowest BCUT2D eigenvalue weighted by Gasteiger charge is -2.04. The summed E-state index contributed by atoms with van der Waals surface area (Å²) in [7, 11) is 0. The molecule has 0 bridgehead atoms. The molecule has 118 valence electrons. The first-order chi connectivity index (χ1) is 11.7. The van der Waals surface area contributed by atoms with Crippen molar-refractivity contribution in [3.8, 4) is 17.3 Å². The van der Waals surface area contributed by atoms with E-state index < -0.39 is 0 Å². The Balaban J connectivity index is 1.59. The molecular formula is C18H14N4O2. The molecule has 3 rings (SSSR count). The zero-order chi connectivity index (χ0) is 16.8. The average molecular weight is 318 g/mol. The Morgan fingerprint density at radius 2 is 1.88 bits per heavy atom. The molecule has 0 fully saturated rings. The van der Waals surface area contributed by atoms with Gasteiger partial charge < -0.3 is 4.74 Å². The van der Waals surface area contributed by atoms with Gasteiger partial charge in [0.2, 0.25) is 0 Å². The lowest BCUT2D eigenvalue weighted by atomic mass is 10.1. The Hall–Kier alpha value is -3.46. The van der Waals surface area contributed by atoms with E-state index in [-0.39, 0.29) is 19.1 Å². The van der Waals surface area contributed by atoms with Crippen LogP contribution < -0.4 is 0 Å². The van der Waals surface area contributed by atoms with Gasteiger partial charge in [-0.3, -0.25) is 4.79 Å². The van der Waals surface area contributed by atoms with Gasteiger partial charge in [0.15, 0.2) is 0 Å². The van der Waals surface area contributed by atoms with Crippen LogP contribution in [0.1, 0.15) is 11.1 Å². The molecule has 3 aromatic rings. The van der Waals surface area contributed by atoms with E-state index >= 15 is 0 Å². The molecule has 0 aliphatic heterocycles. The minimum absolute atomic E-state index is 0.00386. The molecule has 0 atom stereocenters. The van der Waals surface area contributed by atoms with Crippen LogP contribution >= 0.6 is 0 Å². The molecule has 0 radical (unpaired) electrons. The zero-order valence-electron chi connectivity index (χ0n) is 12.8. The maximum Gasteiger partial charge on any atom is 0.328 e. The number of aromatic nitrogens is 3. The Morgan fingerprint density at radius 1 is 1.12 bits per heavy atom. The van der Waals surface area contributed by atoms with Gasteiger partial charge in [0.05, 0.1) is 17.8 Å². The molecule has 0 aliphatic carbocycles. The number of ether oxygens (including phenoxy) is 1. The van der Waals surface area contributed by atoms with Crippen molar-refractivity contribution in [2.24, 2.45) is 0 Å². The minimum Gasteiger partial charge on any atom is -0.459 e. The molecule has 1 aromatic heterocycles. The quantitative estimate of drug-likeness (QED) is 0.675. The molecule has 0 spiro atoms. The van der Waals surface area contributed by atoms with Crippen LogP contribution in [0, 0.1) is 11.3 Å². The fourth-order valence-electron chi connectivity index (χ4n) is 2.14. The molecule has 2 aromatic carbocycles. The summed E-state index contributed by atoms with van der Waals surface area (Å²) in [4.78, 5) is 11.9. The summed E-state index contributed by atoms with van der Waals surface area (Å²) in [5.41, 5.74) is 2.98. The fourth-order valence-corrected chi connectivity index (χ4v) is 2.14. The van der Waals surface area contributed by atoms with Crippen molar-refractivity contribution in [3.05, 3.63) is 71.9 Å². The Bertz CT molecular complexity index is 864. The predicted octanol–water partition coefficient (Wildman–Crippen LogP) is 2.56. The van der Waals surface area contributed by atoms with Crippen molar-refractivity contribution in [1.29, 1.82) is 5.26 Å². The third-order valence-corrected chi connectivity index (χ3v) is 3.38. The number of nitrogens with zero attached hydrogens (tertiary/aromatic N) is 4. The van der Waals surface area contributed by atoms with Crippen LogP contribution in [0.15, 0.2) is 60.8 Å². The SMILES string of the molecule is N#Cc1ccc(-c2cn(CC(=O)OCc3ccccc3)nn2)cc1. The van der Waals surface area contributed by atoms with Gasteiger partial charge in [-0.15, -0.1) is 5.10 Å². The minimum atomic E-state index is -0.380. The highest BCUT2D eigenvalue weighted by Gasteiger charge is 2.09. The number of carbonyl (C=O) groups excluding carboxylic acids is 1. The van der Waals surface area contributed by atoms with E-state index in [1.54, 1.807) is 30.5 Å². The van der Waals surface area contributed by atoms with Gasteiger partial charge in [-0.05, 0) is 17.7 Å². The number of benzene rings is 2. The van der Waals surface area contributed by atoms with Crippen molar-refractivity contribution in [3.63, 3.8) is 0 Å². The Kier molecular flexibility index (Phi) is 4.63. The van der Waals surface area contributed by atoms with Crippen LogP contribution in [0.5, 0.6) is 0 Å². The number of hydrogen-bond donors (Lipinski definition) is 0. The normalized spacial score (nSPS) is 10.1. The predicted molar refractivity (Wildman–Crippen MR) is 86.4 cm³/mol. The number of carbonyl (C=O) groups is 1. The van der Waals surface area contributed by atoms with E-state index in [1.165, 1.54) is 4.68 Å². The first kappa shape index (κ1) is 15.4. The lowest BCUT2D eigenvalue weighted by Crippen LogP contribution is -2.14. The van der Waals surface area contributed by atoms with Gasteiger partial charge in [0, 0.05) is 5.56 Å².